The highest BCUT2D eigenvalue weighted by Crippen LogP contribution is 2.39. The molecule has 8 nitrogen and oxygen atoms in total. The number of benzene rings is 2. The molecule has 0 aliphatic heterocycles. The lowest BCUT2D eigenvalue weighted by atomic mass is 10.0. The maximum Gasteiger partial charge on any atom is 0.203 e. The minimum atomic E-state index is 0.217. The first-order valence-electron chi connectivity index (χ1n) is 10.3. The van der Waals surface area contributed by atoms with Crippen LogP contribution in [0.1, 0.15) is 16.8 Å². The number of methoxy groups -OCH3 is 3. The average molecular weight is 451 g/mol. The van der Waals surface area contributed by atoms with Crippen molar-refractivity contribution in [3.63, 3.8) is 0 Å². The predicted molar refractivity (Wildman–Crippen MR) is 127 cm³/mol. The summed E-state index contributed by atoms with van der Waals surface area (Å²) in [5.41, 5.74) is 2.16. The molecule has 2 aromatic carbocycles. The van der Waals surface area contributed by atoms with Crippen molar-refractivity contribution in [3.05, 3.63) is 83.8 Å². The Morgan fingerprint density at radius 3 is 2.09 bits per heavy atom. The van der Waals surface area contributed by atoms with Gasteiger partial charge in [-0.05, 0) is 48.0 Å². The quantitative estimate of drug-likeness (QED) is 0.380. The Balaban J connectivity index is 1.95. The monoisotopic (exact) mass is 451 g/mol. The van der Waals surface area contributed by atoms with Gasteiger partial charge < -0.3 is 18.8 Å². The molecule has 0 aliphatic rings. The van der Waals surface area contributed by atoms with Gasteiger partial charge in [-0.1, -0.05) is 18.2 Å². The normalized spacial score (nSPS) is 10.9. The van der Waals surface area contributed by atoms with E-state index in [1.807, 2.05) is 54.9 Å². The summed E-state index contributed by atoms with van der Waals surface area (Å²) in [5.74, 6) is 1.89. The fraction of sp³-hybridized carbons (Fsp3) is 0.115. The third kappa shape index (κ3) is 3.96. The molecule has 4 rings (SSSR count). The highest BCUT2D eigenvalue weighted by molar-refractivity contribution is 5.91. The summed E-state index contributed by atoms with van der Waals surface area (Å²) in [7, 11) is 4.57. The van der Waals surface area contributed by atoms with Crippen molar-refractivity contribution in [2.45, 2.75) is 0 Å². The molecule has 2 heterocycles. The van der Waals surface area contributed by atoms with E-state index in [1.165, 1.54) is 21.3 Å². The Morgan fingerprint density at radius 1 is 0.912 bits per heavy atom. The van der Waals surface area contributed by atoms with E-state index in [4.69, 9.17) is 14.2 Å². The first-order valence-corrected chi connectivity index (χ1v) is 10.3. The second-order valence-corrected chi connectivity index (χ2v) is 7.13. The Bertz CT molecular complexity index is 1400. The maximum atomic E-state index is 10.1. The summed E-state index contributed by atoms with van der Waals surface area (Å²) in [4.78, 5) is 0. The second-order valence-electron chi connectivity index (χ2n) is 7.13. The zero-order valence-electron chi connectivity index (χ0n) is 18.9. The Hall–Kier alpha value is -4.95. The Kier molecular flexibility index (Phi) is 6.33. The molecule has 0 saturated heterocycles. The molecular formula is C26H21N5O3. The lowest BCUT2D eigenvalue weighted by Crippen LogP contribution is -2.04. The van der Waals surface area contributed by atoms with Gasteiger partial charge in [0.1, 0.15) is 23.4 Å². The second kappa shape index (κ2) is 9.68. The van der Waals surface area contributed by atoms with Crippen LogP contribution in [-0.4, -0.2) is 35.7 Å². The summed E-state index contributed by atoms with van der Waals surface area (Å²) < 4.78 is 19.7. The SMILES string of the molecule is COc1cc(/C=C(\C#N)c2nn(-c3ccccc3)c(-n3cccc3)c2C#N)cc(OC)c1OC. The van der Waals surface area contributed by atoms with Gasteiger partial charge in [0.2, 0.25) is 5.75 Å². The fourth-order valence-corrected chi connectivity index (χ4v) is 3.67. The number of aromatic nitrogens is 3. The molecule has 0 bridgehead atoms. The van der Waals surface area contributed by atoms with E-state index in [-0.39, 0.29) is 16.8 Å². The number of rotatable bonds is 7. The van der Waals surface area contributed by atoms with Crippen LogP contribution in [0.4, 0.5) is 0 Å². The van der Waals surface area contributed by atoms with E-state index < -0.39 is 0 Å². The van der Waals surface area contributed by atoms with Gasteiger partial charge in [0.15, 0.2) is 17.3 Å². The first kappa shape index (κ1) is 22.3. The van der Waals surface area contributed by atoms with Crippen molar-refractivity contribution in [2.24, 2.45) is 0 Å². The van der Waals surface area contributed by atoms with Gasteiger partial charge in [0.05, 0.1) is 32.6 Å². The molecule has 0 N–H and O–H groups in total. The highest BCUT2D eigenvalue weighted by atomic mass is 16.5. The van der Waals surface area contributed by atoms with Crippen LogP contribution in [0.5, 0.6) is 17.2 Å². The molecule has 0 unspecified atom stereocenters. The average Bonchev–Trinajstić information content (AvgIpc) is 3.54. The number of para-hydroxylation sites is 1. The molecule has 0 atom stereocenters. The van der Waals surface area contributed by atoms with Crippen LogP contribution in [0.25, 0.3) is 23.2 Å². The lowest BCUT2D eigenvalue weighted by Gasteiger charge is -2.13. The standard InChI is InChI=1S/C26H21N5O3/c1-32-22-14-18(15-23(33-2)25(22)34-3)13-19(16-27)24-21(17-28)26(30-11-7-8-12-30)31(29-24)20-9-5-4-6-10-20/h4-15H,1-3H3/b19-13+. The molecule has 0 radical (unpaired) electrons. The molecule has 168 valence electrons. The van der Waals surface area contributed by atoms with Crippen LogP contribution in [0.3, 0.4) is 0 Å². The minimum absolute atomic E-state index is 0.217. The molecule has 0 amide bonds. The Morgan fingerprint density at radius 2 is 1.56 bits per heavy atom. The van der Waals surface area contributed by atoms with Crippen molar-refractivity contribution in [1.82, 2.24) is 14.3 Å². The van der Waals surface area contributed by atoms with Gasteiger partial charge >= 0.3 is 0 Å². The van der Waals surface area contributed by atoms with Gasteiger partial charge in [-0.3, -0.25) is 0 Å². The van der Waals surface area contributed by atoms with Gasteiger partial charge in [-0.15, -0.1) is 0 Å². The molecule has 0 aliphatic carbocycles. The van der Waals surface area contributed by atoms with Crippen LogP contribution in [0.15, 0.2) is 67.0 Å². The van der Waals surface area contributed by atoms with E-state index in [9.17, 15) is 10.5 Å². The van der Waals surface area contributed by atoms with Crippen LogP contribution >= 0.6 is 0 Å². The Labute approximate surface area is 197 Å². The van der Waals surface area contributed by atoms with E-state index >= 15 is 0 Å². The minimum Gasteiger partial charge on any atom is -0.493 e. The lowest BCUT2D eigenvalue weighted by molar-refractivity contribution is 0.324. The number of hydrogen-bond donors (Lipinski definition) is 0. The molecule has 0 saturated carbocycles. The van der Waals surface area contributed by atoms with Crippen LogP contribution in [0, 0.1) is 22.7 Å². The molecule has 0 spiro atoms. The van der Waals surface area contributed by atoms with Gasteiger partial charge in [0.25, 0.3) is 0 Å². The van der Waals surface area contributed by atoms with Crippen LogP contribution in [0.2, 0.25) is 0 Å². The highest BCUT2D eigenvalue weighted by Gasteiger charge is 2.23. The third-order valence-corrected chi connectivity index (χ3v) is 5.20. The third-order valence-electron chi connectivity index (χ3n) is 5.20. The van der Waals surface area contributed by atoms with Crippen molar-refractivity contribution >= 4 is 11.6 Å². The summed E-state index contributed by atoms with van der Waals surface area (Å²) >= 11 is 0. The van der Waals surface area contributed by atoms with Gasteiger partial charge in [-0.25, -0.2) is 4.68 Å². The molecule has 34 heavy (non-hydrogen) atoms. The molecule has 2 aromatic heterocycles. The van der Waals surface area contributed by atoms with E-state index in [0.717, 1.165) is 5.69 Å². The molecule has 4 aromatic rings. The zero-order chi connectivity index (χ0) is 24.1. The van der Waals surface area contributed by atoms with Crippen LogP contribution in [-0.2, 0) is 0 Å². The number of nitriles is 2. The molecule has 0 fully saturated rings. The van der Waals surface area contributed by atoms with Crippen molar-refractivity contribution in [1.29, 1.82) is 10.5 Å². The summed E-state index contributed by atoms with van der Waals surface area (Å²) in [6.07, 6.45) is 5.30. The smallest absolute Gasteiger partial charge is 0.203 e. The largest absolute Gasteiger partial charge is 0.493 e. The number of hydrogen-bond acceptors (Lipinski definition) is 6. The van der Waals surface area contributed by atoms with Crippen LogP contribution < -0.4 is 14.2 Å². The number of nitrogens with zero attached hydrogens (tertiary/aromatic N) is 5. The topological polar surface area (TPSA) is 98.0 Å². The van der Waals surface area contributed by atoms with Gasteiger partial charge in [0, 0.05) is 12.4 Å². The zero-order valence-corrected chi connectivity index (χ0v) is 18.9. The van der Waals surface area contributed by atoms with Crippen molar-refractivity contribution < 1.29 is 14.2 Å². The van der Waals surface area contributed by atoms with Crippen molar-refractivity contribution in [2.75, 3.05) is 21.3 Å². The summed E-state index contributed by atoms with van der Waals surface area (Å²) in [6, 6.07) is 21.1. The maximum absolute atomic E-state index is 10.1. The number of ether oxygens (including phenoxy) is 3. The van der Waals surface area contributed by atoms with E-state index in [0.29, 0.717) is 28.6 Å². The summed E-state index contributed by atoms with van der Waals surface area (Å²) in [6.45, 7) is 0. The van der Waals surface area contributed by atoms with E-state index in [1.54, 1.807) is 27.5 Å². The molecular weight excluding hydrogens is 430 g/mol. The number of allylic oxidation sites excluding steroid dienone is 1. The summed E-state index contributed by atoms with van der Waals surface area (Å²) in [5, 5.41) is 24.8. The fourth-order valence-electron chi connectivity index (χ4n) is 3.67. The van der Waals surface area contributed by atoms with Gasteiger partial charge in [-0.2, -0.15) is 15.6 Å². The first-order chi connectivity index (χ1) is 16.6. The van der Waals surface area contributed by atoms with E-state index in [2.05, 4.69) is 17.2 Å². The van der Waals surface area contributed by atoms with Crippen molar-refractivity contribution in [3.8, 4) is 40.9 Å². The predicted octanol–water partition coefficient (Wildman–Crippen LogP) is 4.62. The molecule has 8 heteroatoms.